The molecule has 1 aromatic carbocycles. The summed E-state index contributed by atoms with van der Waals surface area (Å²) in [6.45, 7) is 3.34. The van der Waals surface area contributed by atoms with E-state index in [1.165, 1.54) is 19.3 Å². The fourth-order valence-corrected chi connectivity index (χ4v) is 4.11. The molecule has 0 aliphatic heterocycles. The third kappa shape index (κ3) is 3.75. The highest BCUT2D eigenvalue weighted by atomic mass is 16.2. The molecule has 0 unspecified atom stereocenters. The Morgan fingerprint density at radius 2 is 2.04 bits per heavy atom. The van der Waals surface area contributed by atoms with Crippen LogP contribution in [0, 0.1) is 0 Å². The second-order valence-electron chi connectivity index (χ2n) is 7.37. The monoisotopic (exact) mass is 365 g/mol. The zero-order valence-corrected chi connectivity index (χ0v) is 15.9. The third-order valence-electron chi connectivity index (χ3n) is 5.64. The van der Waals surface area contributed by atoms with Gasteiger partial charge in [0.15, 0.2) is 0 Å². The van der Waals surface area contributed by atoms with Gasteiger partial charge in [0.2, 0.25) is 0 Å². The molecule has 6 heteroatoms. The summed E-state index contributed by atoms with van der Waals surface area (Å²) in [6, 6.07) is 8.01. The van der Waals surface area contributed by atoms with Crippen molar-refractivity contribution in [2.24, 2.45) is 0 Å². The molecule has 0 saturated heterocycles. The molecular weight excluding hydrogens is 338 g/mol. The molecular formula is C21H27N5O. The van der Waals surface area contributed by atoms with Crippen molar-refractivity contribution < 1.29 is 4.79 Å². The van der Waals surface area contributed by atoms with Gasteiger partial charge in [-0.05, 0) is 31.9 Å². The average Bonchev–Trinajstić information content (AvgIpc) is 3.35. The van der Waals surface area contributed by atoms with E-state index in [1.807, 2.05) is 36.1 Å². The second-order valence-corrected chi connectivity index (χ2v) is 7.37. The predicted molar refractivity (Wildman–Crippen MR) is 106 cm³/mol. The Hall–Kier alpha value is -2.63. The van der Waals surface area contributed by atoms with E-state index >= 15 is 0 Å². The number of fused-ring (bicyclic) bond motifs is 1. The molecule has 1 aliphatic carbocycles. The zero-order chi connectivity index (χ0) is 18.6. The van der Waals surface area contributed by atoms with Crippen LogP contribution in [-0.4, -0.2) is 44.1 Å². The van der Waals surface area contributed by atoms with E-state index in [-0.39, 0.29) is 5.91 Å². The largest absolute Gasteiger partial charge is 0.342 e. The number of nitrogens with zero attached hydrogens (tertiary/aromatic N) is 3. The highest BCUT2D eigenvalue weighted by Crippen LogP contribution is 2.33. The van der Waals surface area contributed by atoms with Gasteiger partial charge in [0, 0.05) is 25.4 Å². The summed E-state index contributed by atoms with van der Waals surface area (Å²) in [4.78, 5) is 23.0. The highest BCUT2D eigenvalue weighted by molar-refractivity contribution is 5.95. The molecule has 0 bridgehead atoms. The van der Waals surface area contributed by atoms with Crippen molar-refractivity contribution in [3.8, 4) is 0 Å². The number of nitrogens with one attached hydrogen (secondary N) is 2. The summed E-state index contributed by atoms with van der Waals surface area (Å²) >= 11 is 0. The molecule has 0 atom stereocenters. The number of rotatable bonds is 6. The summed E-state index contributed by atoms with van der Waals surface area (Å²) < 4.78 is 0. The first-order valence-corrected chi connectivity index (χ1v) is 10.0. The Bertz CT molecular complexity index is 873. The summed E-state index contributed by atoms with van der Waals surface area (Å²) in [7, 11) is 0. The molecule has 3 aromatic rings. The molecule has 27 heavy (non-hydrogen) atoms. The number of carbonyl (C=O) groups excluding carboxylic acids is 1. The molecule has 0 radical (unpaired) electrons. The normalized spacial score (nSPS) is 15.3. The van der Waals surface area contributed by atoms with E-state index < -0.39 is 0 Å². The van der Waals surface area contributed by atoms with E-state index in [4.69, 9.17) is 0 Å². The standard InChI is InChI=1S/C21H27N5O/c1-2-26(13-12-19-23-17-10-6-7-11-18(17)24-19)21(27)16-14-22-25-20(16)15-8-4-3-5-9-15/h6-7,10-11,14-15H,2-5,8-9,12-13H2,1H3,(H,22,25)(H,23,24). The van der Waals surface area contributed by atoms with Gasteiger partial charge >= 0.3 is 0 Å². The van der Waals surface area contributed by atoms with Gasteiger partial charge in [-0.2, -0.15) is 5.10 Å². The van der Waals surface area contributed by atoms with Crippen LogP contribution in [-0.2, 0) is 6.42 Å². The number of aromatic amines is 2. The van der Waals surface area contributed by atoms with Crippen molar-refractivity contribution in [3.05, 3.63) is 47.5 Å². The number of likely N-dealkylation sites (N-methyl/N-ethyl adjacent to an activating group) is 1. The van der Waals surface area contributed by atoms with Crippen LogP contribution < -0.4 is 0 Å². The Kier molecular flexibility index (Phi) is 5.23. The minimum Gasteiger partial charge on any atom is -0.342 e. The lowest BCUT2D eigenvalue weighted by Gasteiger charge is -2.24. The number of amides is 1. The molecule has 4 rings (SSSR count). The van der Waals surface area contributed by atoms with Crippen LogP contribution in [0.2, 0.25) is 0 Å². The Balaban J connectivity index is 1.46. The van der Waals surface area contributed by atoms with Crippen LogP contribution in [0.1, 0.15) is 66.8 Å². The lowest BCUT2D eigenvalue weighted by molar-refractivity contribution is 0.0763. The number of para-hydroxylation sites is 2. The van der Waals surface area contributed by atoms with Crippen LogP contribution >= 0.6 is 0 Å². The van der Waals surface area contributed by atoms with E-state index in [0.717, 1.165) is 41.0 Å². The molecule has 0 spiro atoms. The second kappa shape index (κ2) is 7.94. The van der Waals surface area contributed by atoms with Crippen LogP contribution in [0.5, 0.6) is 0 Å². The van der Waals surface area contributed by atoms with E-state index in [1.54, 1.807) is 6.20 Å². The summed E-state index contributed by atoms with van der Waals surface area (Å²) in [5.74, 6) is 1.43. The molecule has 1 amide bonds. The van der Waals surface area contributed by atoms with Crippen molar-refractivity contribution in [1.29, 1.82) is 0 Å². The minimum absolute atomic E-state index is 0.0722. The van der Waals surface area contributed by atoms with Crippen LogP contribution in [0.15, 0.2) is 30.5 Å². The number of H-pyrrole nitrogens is 2. The molecule has 2 heterocycles. The maximum atomic E-state index is 13.1. The number of imidazole rings is 1. The first-order chi connectivity index (χ1) is 13.3. The Morgan fingerprint density at radius 3 is 2.81 bits per heavy atom. The highest BCUT2D eigenvalue weighted by Gasteiger charge is 2.25. The van der Waals surface area contributed by atoms with Crippen LogP contribution in [0.4, 0.5) is 0 Å². The molecule has 142 valence electrons. The van der Waals surface area contributed by atoms with Gasteiger partial charge in [-0.3, -0.25) is 9.89 Å². The van der Waals surface area contributed by atoms with Gasteiger partial charge < -0.3 is 9.88 Å². The Labute approximate surface area is 159 Å². The van der Waals surface area contributed by atoms with E-state index in [2.05, 4.69) is 20.2 Å². The topological polar surface area (TPSA) is 77.7 Å². The number of hydrogen-bond donors (Lipinski definition) is 2. The van der Waals surface area contributed by atoms with E-state index in [0.29, 0.717) is 25.4 Å². The lowest BCUT2D eigenvalue weighted by atomic mass is 9.85. The molecule has 2 aromatic heterocycles. The molecule has 1 aliphatic rings. The summed E-state index contributed by atoms with van der Waals surface area (Å²) in [5.41, 5.74) is 3.78. The zero-order valence-electron chi connectivity index (χ0n) is 15.9. The quantitative estimate of drug-likeness (QED) is 0.692. The van der Waals surface area contributed by atoms with E-state index in [9.17, 15) is 4.79 Å². The first-order valence-electron chi connectivity index (χ1n) is 10.0. The smallest absolute Gasteiger partial charge is 0.257 e. The molecule has 6 nitrogen and oxygen atoms in total. The van der Waals surface area contributed by atoms with Crippen molar-refractivity contribution in [2.45, 2.75) is 51.4 Å². The molecule has 1 saturated carbocycles. The maximum absolute atomic E-state index is 13.1. The fourth-order valence-electron chi connectivity index (χ4n) is 4.11. The van der Waals surface area contributed by atoms with Crippen molar-refractivity contribution in [1.82, 2.24) is 25.1 Å². The number of benzene rings is 1. The first kappa shape index (κ1) is 17.8. The van der Waals surface area contributed by atoms with Crippen molar-refractivity contribution in [3.63, 3.8) is 0 Å². The summed E-state index contributed by atoms with van der Waals surface area (Å²) in [6.07, 6.45) is 8.48. The number of carbonyl (C=O) groups is 1. The number of aromatic nitrogens is 4. The van der Waals surface area contributed by atoms with Crippen LogP contribution in [0.3, 0.4) is 0 Å². The van der Waals surface area contributed by atoms with Crippen molar-refractivity contribution >= 4 is 16.9 Å². The van der Waals surface area contributed by atoms with Gasteiger partial charge in [-0.15, -0.1) is 0 Å². The number of hydrogen-bond acceptors (Lipinski definition) is 3. The molecule has 1 fully saturated rings. The van der Waals surface area contributed by atoms with Crippen LogP contribution in [0.25, 0.3) is 11.0 Å². The lowest BCUT2D eigenvalue weighted by Crippen LogP contribution is -2.33. The summed E-state index contributed by atoms with van der Waals surface area (Å²) in [5, 5.41) is 7.30. The third-order valence-corrected chi connectivity index (χ3v) is 5.64. The van der Waals surface area contributed by atoms with Crippen molar-refractivity contribution in [2.75, 3.05) is 13.1 Å². The van der Waals surface area contributed by atoms with Gasteiger partial charge in [0.05, 0.1) is 28.5 Å². The average molecular weight is 365 g/mol. The fraction of sp³-hybridized carbons (Fsp3) is 0.476. The van der Waals surface area contributed by atoms with Gasteiger partial charge in [0.1, 0.15) is 5.82 Å². The molecule has 2 N–H and O–H groups in total. The SMILES string of the molecule is CCN(CCc1nc2ccccc2[nH]1)C(=O)c1cn[nH]c1C1CCCCC1. The maximum Gasteiger partial charge on any atom is 0.257 e. The minimum atomic E-state index is 0.0722. The van der Waals surface area contributed by atoms with Gasteiger partial charge in [-0.25, -0.2) is 4.98 Å². The van der Waals surface area contributed by atoms with Gasteiger partial charge in [0.25, 0.3) is 5.91 Å². The predicted octanol–water partition coefficient (Wildman–Crippen LogP) is 4.04. The Morgan fingerprint density at radius 1 is 1.22 bits per heavy atom. The van der Waals surface area contributed by atoms with Gasteiger partial charge in [-0.1, -0.05) is 31.4 Å².